The molecule has 0 N–H and O–H groups in total. The maximum Gasteiger partial charge on any atom is -0.0302 e. The third-order valence-corrected chi connectivity index (χ3v) is 2.85. The number of rotatable bonds is 3. The minimum Gasteiger partial charge on any atom is -0.0683 e. The van der Waals surface area contributed by atoms with Crippen molar-refractivity contribution in [2.75, 3.05) is 0 Å². The van der Waals surface area contributed by atoms with Crippen molar-refractivity contribution in [1.82, 2.24) is 0 Å². The molecule has 0 heterocycles. The van der Waals surface area contributed by atoms with Crippen LogP contribution in [0.3, 0.4) is 0 Å². The molecule has 0 aliphatic carbocycles. The predicted molar refractivity (Wildman–Crippen MR) is 70.7 cm³/mol. The Morgan fingerprint density at radius 3 is 1.73 bits per heavy atom. The van der Waals surface area contributed by atoms with E-state index in [0.29, 0.717) is 0 Å². The first-order valence-electron chi connectivity index (χ1n) is 6.34. The molecule has 0 saturated heterocycles. The molecule has 86 valence electrons. The molecule has 1 aromatic rings. The Hall–Kier alpha value is -0.780. The highest BCUT2D eigenvalue weighted by Gasteiger charge is 2.06. The van der Waals surface area contributed by atoms with Crippen molar-refractivity contribution in [3.8, 4) is 0 Å². The Morgan fingerprint density at radius 2 is 1.33 bits per heavy atom. The quantitative estimate of drug-likeness (QED) is 0.672. The van der Waals surface area contributed by atoms with Gasteiger partial charge in [-0.25, -0.2) is 0 Å². The molecule has 0 saturated carbocycles. The predicted octanol–water partition coefficient (Wildman–Crippen LogP) is 4.71. The smallest absolute Gasteiger partial charge is 0.0302 e. The Labute approximate surface area is 95.7 Å². The largest absolute Gasteiger partial charge is 0.0683 e. The summed E-state index contributed by atoms with van der Waals surface area (Å²) in [6, 6.07) is 4.55. The lowest BCUT2D eigenvalue weighted by molar-refractivity contribution is 0.968. The molecule has 0 spiro atoms. The topological polar surface area (TPSA) is 0 Å². The van der Waals surface area contributed by atoms with Crippen LogP contribution in [0.15, 0.2) is 12.1 Å². The molecular weight excluding hydrogens is 180 g/mol. The normalized spacial score (nSPS) is 9.47. The van der Waals surface area contributed by atoms with Gasteiger partial charge in [-0.3, -0.25) is 0 Å². The zero-order valence-corrected chi connectivity index (χ0v) is 11.3. The lowest BCUT2D eigenvalue weighted by Gasteiger charge is -2.13. The Morgan fingerprint density at radius 1 is 0.800 bits per heavy atom. The van der Waals surface area contributed by atoms with Crippen molar-refractivity contribution in [2.24, 2.45) is 0 Å². The second-order valence-corrected chi connectivity index (χ2v) is 3.56. The molecule has 0 aromatic heterocycles. The van der Waals surface area contributed by atoms with Gasteiger partial charge in [0.05, 0.1) is 0 Å². The van der Waals surface area contributed by atoms with E-state index in [9.17, 15) is 0 Å². The molecule has 1 aromatic carbocycles. The summed E-state index contributed by atoms with van der Waals surface area (Å²) in [7, 11) is 0. The summed E-state index contributed by atoms with van der Waals surface area (Å²) in [5, 5.41) is 0. The molecule has 0 aliphatic rings. The maximum absolute atomic E-state index is 2.29. The molecule has 0 aliphatic heterocycles. The van der Waals surface area contributed by atoms with Crippen LogP contribution in [-0.4, -0.2) is 0 Å². The van der Waals surface area contributed by atoms with Gasteiger partial charge in [-0.05, 0) is 48.4 Å². The minimum atomic E-state index is 1.16. The van der Waals surface area contributed by atoms with Crippen LogP contribution >= 0.6 is 0 Å². The number of hydrogen-bond acceptors (Lipinski definition) is 0. The van der Waals surface area contributed by atoms with Crippen molar-refractivity contribution >= 4 is 0 Å². The van der Waals surface area contributed by atoms with E-state index in [4.69, 9.17) is 0 Å². The number of aryl methyl sites for hydroxylation is 2. The summed E-state index contributed by atoms with van der Waals surface area (Å²) >= 11 is 0. The van der Waals surface area contributed by atoms with Gasteiger partial charge in [-0.1, -0.05) is 46.8 Å². The fourth-order valence-electron chi connectivity index (χ4n) is 2.12. The maximum atomic E-state index is 2.29. The lowest BCUT2D eigenvalue weighted by atomic mass is 9.92. The van der Waals surface area contributed by atoms with E-state index < -0.39 is 0 Å². The van der Waals surface area contributed by atoms with Gasteiger partial charge in [-0.2, -0.15) is 0 Å². The Bertz CT molecular complexity index is 284. The van der Waals surface area contributed by atoms with Gasteiger partial charge in [0.15, 0.2) is 0 Å². The molecular formula is C15H26. The van der Waals surface area contributed by atoms with Gasteiger partial charge in [0.25, 0.3) is 0 Å². The first kappa shape index (κ1) is 14.2. The van der Waals surface area contributed by atoms with Gasteiger partial charge in [0.1, 0.15) is 0 Å². The zero-order valence-electron chi connectivity index (χ0n) is 11.3. The summed E-state index contributed by atoms with van der Waals surface area (Å²) in [5.41, 5.74) is 6.15. The first-order chi connectivity index (χ1) is 7.24. The van der Waals surface area contributed by atoms with Gasteiger partial charge in [0.2, 0.25) is 0 Å². The fraction of sp³-hybridized carbons (Fsp3) is 0.600. The molecule has 0 heteroatoms. The zero-order chi connectivity index (χ0) is 11.8. The fourth-order valence-corrected chi connectivity index (χ4v) is 2.12. The highest BCUT2D eigenvalue weighted by Crippen LogP contribution is 2.20. The molecule has 0 bridgehead atoms. The summed E-state index contributed by atoms with van der Waals surface area (Å²) in [6.45, 7) is 13.0. The lowest BCUT2D eigenvalue weighted by Crippen LogP contribution is -1.99. The molecule has 0 unspecified atom stereocenters. The van der Waals surface area contributed by atoms with Crippen LogP contribution in [0.2, 0.25) is 0 Å². The van der Waals surface area contributed by atoms with E-state index in [0.717, 1.165) is 6.42 Å². The van der Waals surface area contributed by atoms with Gasteiger partial charge in [-0.15, -0.1) is 0 Å². The second kappa shape index (κ2) is 7.50. The van der Waals surface area contributed by atoms with Gasteiger partial charge < -0.3 is 0 Å². The average Bonchev–Trinajstić information content (AvgIpc) is 2.31. The van der Waals surface area contributed by atoms with E-state index in [1.54, 1.807) is 11.1 Å². The molecule has 1 rings (SSSR count). The Kier molecular flexibility index (Phi) is 7.11. The SMILES string of the molecule is CC.CCc1ccc(C)c(CC)c1CC. The number of benzene rings is 1. The van der Waals surface area contributed by atoms with E-state index in [1.165, 1.54) is 24.0 Å². The van der Waals surface area contributed by atoms with Crippen LogP contribution in [0.25, 0.3) is 0 Å². The third kappa shape index (κ3) is 3.37. The molecule has 0 atom stereocenters. The van der Waals surface area contributed by atoms with Crippen LogP contribution in [0.5, 0.6) is 0 Å². The monoisotopic (exact) mass is 206 g/mol. The number of hydrogen-bond donors (Lipinski definition) is 0. The molecule has 0 nitrogen and oxygen atoms in total. The molecule has 0 radical (unpaired) electrons. The van der Waals surface area contributed by atoms with Crippen LogP contribution in [0.1, 0.15) is 56.9 Å². The van der Waals surface area contributed by atoms with Gasteiger partial charge in [0, 0.05) is 0 Å². The van der Waals surface area contributed by atoms with Crippen molar-refractivity contribution in [3.63, 3.8) is 0 Å². The van der Waals surface area contributed by atoms with Crippen LogP contribution in [0.4, 0.5) is 0 Å². The summed E-state index contributed by atoms with van der Waals surface area (Å²) in [5.74, 6) is 0. The second-order valence-electron chi connectivity index (χ2n) is 3.56. The van der Waals surface area contributed by atoms with Crippen LogP contribution < -0.4 is 0 Å². The minimum absolute atomic E-state index is 1.16. The van der Waals surface area contributed by atoms with E-state index in [-0.39, 0.29) is 0 Å². The summed E-state index contributed by atoms with van der Waals surface area (Å²) in [4.78, 5) is 0. The van der Waals surface area contributed by atoms with Crippen molar-refractivity contribution in [2.45, 2.75) is 60.8 Å². The van der Waals surface area contributed by atoms with Crippen LogP contribution in [-0.2, 0) is 19.3 Å². The van der Waals surface area contributed by atoms with E-state index >= 15 is 0 Å². The van der Waals surface area contributed by atoms with Crippen molar-refractivity contribution < 1.29 is 0 Å². The van der Waals surface area contributed by atoms with E-state index in [2.05, 4.69) is 39.8 Å². The average molecular weight is 206 g/mol. The highest BCUT2D eigenvalue weighted by molar-refractivity contribution is 5.40. The van der Waals surface area contributed by atoms with Crippen molar-refractivity contribution in [1.29, 1.82) is 0 Å². The highest BCUT2D eigenvalue weighted by atomic mass is 14.1. The van der Waals surface area contributed by atoms with Crippen LogP contribution in [0, 0.1) is 6.92 Å². The molecule has 0 fully saturated rings. The third-order valence-electron chi connectivity index (χ3n) is 2.85. The standard InChI is InChI=1S/C13H20.C2H6/c1-5-11-9-8-10(4)12(6-2)13(11)7-3;1-2/h8-9H,5-7H2,1-4H3;1-2H3. The molecule has 15 heavy (non-hydrogen) atoms. The molecule has 0 amide bonds. The Balaban J connectivity index is 0.000000921. The van der Waals surface area contributed by atoms with Gasteiger partial charge >= 0.3 is 0 Å². The summed E-state index contributed by atoms with van der Waals surface area (Å²) in [6.07, 6.45) is 3.51. The van der Waals surface area contributed by atoms with Crippen molar-refractivity contribution in [3.05, 3.63) is 34.4 Å². The van der Waals surface area contributed by atoms with E-state index in [1.807, 2.05) is 13.8 Å². The summed E-state index contributed by atoms with van der Waals surface area (Å²) < 4.78 is 0. The first-order valence-corrected chi connectivity index (χ1v) is 6.34.